The molecule has 2 N–H and O–H groups in total. The van der Waals surface area contributed by atoms with Crippen LogP contribution in [0.25, 0.3) is 0 Å². The van der Waals surface area contributed by atoms with Gasteiger partial charge in [-0.3, -0.25) is 9.89 Å². The quantitative estimate of drug-likeness (QED) is 0.767. The van der Waals surface area contributed by atoms with Gasteiger partial charge in [0.1, 0.15) is 6.33 Å². The van der Waals surface area contributed by atoms with E-state index >= 15 is 0 Å². The van der Waals surface area contributed by atoms with E-state index in [0.717, 1.165) is 25.8 Å². The highest BCUT2D eigenvalue weighted by Crippen LogP contribution is 2.20. The molecular formula is C10H16N4O2. The predicted octanol–water partition coefficient (Wildman–Crippen LogP) is 0.182. The molecule has 2 heterocycles. The number of nitrogens with one attached hydrogen (secondary N) is 1. The van der Waals surface area contributed by atoms with Gasteiger partial charge in [-0.15, -0.1) is 0 Å². The van der Waals surface area contributed by atoms with E-state index < -0.39 is 0 Å². The number of rotatable bonds is 3. The number of aromatic nitrogens is 3. The Kier molecular flexibility index (Phi) is 3.51. The fraction of sp³-hybridized carbons (Fsp3) is 0.700. The summed E-state index contributed by atoms with van der Waals surface area (Å²) in [6.07, 6.45) is 5.06. The van der Waals surface area contributed by atoms with Crippen molar-refractivity contribution >= 4 is 5.91 Å². The van der Waals surface area contributed by atoms with E-state index in [1.165, 1.54) is 6.33 Å². The van der Waals surface area contributed by atoms with E-state index in [0.29, 0.717) is 6.42 Å². The van der Waals surface area contributed by atoms with E-state index in [-0.39, 0.29) is 24.4 Å². The summed E-state index contributed by atoms with van der Waals surface area (Å²) in [6, 6.07) is 0.136. The second kappa shape index (κ2) is 5.07. The first-order valence-corrected chi connectivity index (χ1v) is 5.60. The molecule has 6 heteroatoms. The highest BCUT2D eigenvalue weighted by atomic mass is 16.3. The van der Waals surface area contributed by atoms with Crippen LogP contribution in [0.15, 0.2) is 6.33 Å². The van der Waals surface area contributed by atoms with Crippen LogP contribution in [0.1, 0.15) is 36.3 Å². The van der Waals surface area contributed by atoms with Crippen molar-refractivity contribution < 1.29 is 9.90 Å². The summed E-state index contributed by atoms with van der Waals surface area (Å²) < 4.78 is 0. The third-order valence-electron chi connectivity index (χ3n) is 2.97. The highest BCUT2D eigenvalue weighted by Gasteiger charge is 2.28. The van der Waals surface area contributed by atoms with Crippen LogP contribution in [-0.2, 0) is 0 Å². The molecule has 1 amide bonds. The van der Waals surface area contributed by atoms with Gasteiger partial charge in [0.25, 0.3) is 5.91 Å². The Hall–Kier alpha value is -1.43. The molecule has 1 aromatic heterocycles. The maximum absolute atomic E-state index is 12.1. The van der Waals surface area contributed by atoms with Crippen molar-refractivity contribution in [2.75, 3.05) is 13.2 Å². The molecule has 1 saturated heterocycles. The van der Waals surface area contributed by atoms with Crippen molar-refractivity contribution in [2.24, 2.45) is 0 Å². The predicted molar refractivity (Wildman–Crippen MR) is 56.8 cm³/mol. The van der Waals surface area contributed by atoms with Gasteiger partial charge in [0.2, 0.25) is 5.82 Å². The Labute approximate surface area is 93.7 Å². The molecule has 1 fully saturated rings. The Morgan fingerprint density at radius 1 is 1.62 bits per heavy atom. The Morgan fingerprint density at radius 2 is 2.50 bits per heavy atom. The SMILES string of the molecule is O=C(c1ncn[nH]1)N1CCCCC1CCO. The minimum absolute atomic E-state index is 0.115. The van der Waals surface area contributed by atoms with Crippen molar-refractivity contribution in [1.82, 2.24) is 20.1 Å². The molecule has 6 nitrogen and oxygen atoms in total. The Balaban J connectivity index is 2.08. The lowest BCUT2D eigenvalue weighted by atomic mass is 9.99. The summed E-state index contributed by atoms with van der Waals surface area (Å²) >= 11 is 0. The van der Waals surface area contributed by atoms with Crippen LogP contribution in [0.4, 0.5) is 0 Å². The van der Waals surface area contributed by atoms with Crippen molar-refractivity contribution in [1.29, 1.82) is 0 Å². The smallest absolute Gasteiger partial charge is 0.291 e. The van der Waals surface area contributed by atoms with Gasteiger partial charge in [0.05, 0.1) is 0 Å². The molecule has 1 aliphatic heterocycles. The van der Waals surface area contributed by atoms with Gasteiger partial charge < -0.3 is 10.0 Å². The number of hydrogen-bond donors (Lipinski definition) is 2. The average Bonchev–Trinajstić information content (AvgIpc) is 2.83. The summed E-state index contributed by atoms with van der Waals surface area (Å²) in [5.41, 5.74) is 0. The highest BCUT2D eigenvalue weighted by molar-refractivity contribution is 5.90. The summed E-state index contributed by atoms with van der Waals surface area (Å²) in [6.45, 7) is 0.856. The number of aromatic amines is 1. The van der Waals surface area contributed by atoms with Crippen LogP contribution in [0.3, 0.4) is 0 Å². The first-order valence-electron chi connectivity index (χ1n) is 5.60. The number of likely N-dealkylation sites (tertiary alicyclic amines) is 1. The summed E-state index contributed by atoms with van der Waals surface area (Å²) in [5, 5.41) is 15.2. The molecule has 0 saturated carbocycles. The van der Waals surface area contributed by atoms with Gasteiger partial charge in [-0.05, 0) is 25.7 Å². The zero-order valence-electron chi connectivity index (χ0n) is 9.09. The number of amides is 1. The molecule has 2 rings (SSSR count). The largest absolute Gasteiger partial charge is 0.396 e. The van der Waals surface area contributed by atoms with Crippen molar-refractivity contribution in [3.05, 3.63) is 12.2 Å². The van der Waals surface area contributed by atoms with Gasteiger partial charge in [-0.25, -0.2) is 4.98 Å². The van der Waals surface area contributed by atoms with E-state index in [9.17, 15) is 4.79 Å². The van der Waals surface area contributed by atoms with E-state index in [4.69, 9.17) is 5.11 Å². The fourth-order valence-corrected chi connectivity index (χ4v) is 2.16. The van der Waals surface area contributed by atoms with E-state index in [1.807, 2.05) is 0 Å². The van der Waals surface area contributed by atoms with Crippen LogP contribution >= 0.6 is 0 Å². The standard InChI is InChI=1S/C10H16N4O2/c15-6-4-8-3-1-2-5-14(8)10(16)9-11-7-12-13-9/h7-8,15H,1-6H2,(H,11,12,13). The number of H-pyrrole nitrogens is 1. The number of piperidine rings is 1. The topological polar surface area (TPSA) is 82.1 Å². The van der Waals surface area contributed by atoms with Crippen LogP contribution in [-0.4, -0.2) is 50.3 Å². The zero-order valence-corrected chi connectivity index (χ0v) is 9.09. The maximum Gasteiger partial charge on any atom is 0.291 e. The fourth-order valence-electron chi connectivity index (χ4n) is 2.16. The molecule has 0 spiro atoms. The van der Waals surface area contributed by atoms with Crippen molar-refractivity contribution in [3.8, 4) is 0 Å². The van der Waals surface area contributed by atoms with Crippen molar-refractivity contribution in [2.45, 2.75) is 31.7 Å². The molecule has 1 aliphatic rings. The first-order chi connectivity index (χ1) is 7.83. The number of carbonyl (C=O) groups excluding carboxylic acids is 1. The first kappa shape index (κ1) is 11.1. The number of aliphatic hydroxyl groups is 1. The molecule has 0 aliphatic carbocycles. The zero-order chi connectivity index (χ0) is 11.4. The van der Waals surface area contributed by atoms with Crippen LogP contribution in [0, 0.1) is 0 Å². The maximum atomic E-state index is 12.1. The van der Waals surface area contributed by atoms with Gasteiger partial charge in [-0.1, -0.05) is 0 Å². The van der Waals surface area contributed by atoms with Gasteiger partial charge >= 0.3 is 0 Å². The third-order valence-corrected chi connectivity index (χ3v) is 2.97. The normalized spacial score (nSPS) is 21.1. The van der Waals surface area contributed by atoms with E-state index in [2.05, 4.69) is 15.2 Å². The molecule has 0 radical (unpaired) electrons. The molecule has 1 unspecified atom stereocenters. The lowest BCUT2D eigenvalue weighted by Crippen LogP contribution is -2.44. The minimum atomic E-state index is -0.115. The van der Waals surface area contributed by atoms with Crippen molar-refractivity contribution in [3.63, 3.8) is 0 Å². The number of carbonyl (C=O) groups is 1. The van der Waals surface area contributed by atoms with Gasteiger partial charge in [0, 0.05) is 19.2 Å². The number of hydrogen-bond acceptors (Lipinski definition) is 4. The second-order valence-corrected chi connectivity index (χ2v) is 3.99. The molecule has 88 valence electrons. The summed E-state index contributed by atoms with van der Waals surface area (Å²) in [4.78, 5) is 17.7. The summed E-state index contributed by atoms with van der Waals surface area (Å²) in [7, 11) is 0. The minimum Gasteiger partial charge on any atom is -0.396 e. The lowest BCUT2D eigenvalue weighted by Gasteiger charge is -2.34. The molecule has 1 atom stereocenters. The lowest BCUT2D eigenvalue weighted by molar-refractivity contribution is 0.0562. The molecule has 16 heavy (non-hydrogen) atoms. The van der Waals surface area contributed by atoms with Crippen LogP contribution in [0.5, 0.6) is 0 Å². The monoisotopic (exact) mass is 224 g/mol. The molecule has 1 aromatic rings. The third kappa shape index (κ3) is 2.21. The Bertz CT molecular complexity index is 337. The number of nitrogens with zero attached hydrogens (tertiary/aromatic N) is 3. The summed E-state index contributed by atoms with van der Waals surface area (Å²) in [5.74, 6) is 0.167. The molecule has 0 bridgehead atoms. The van der Waals surface area contributed by atoms with Gasteiger partial charge in [-0.2, -0.15) is 5.10 Å². The van der Waals surface area contributed by atoms with E-state index in [1.54, 1.807) is 4.90 Å². The molecular weight excluding hydrogens is 208 g/mol. The molecule has 0 aromatic carbocycles. The Morgan fingerprint density at radius 3 is 3.19 bits per heavy atom. The number of aliphatic hydroxyl groups excluding tert-OH is 1. The second-order valence-electron chi connectivity index (χ2n) is 3.99. The average molecular weight is 224 g/mol. The van der Waals surface area contributed by atoms with Crippen LogP contribution in [0.2, 0.25) is 0 Å². The van der Waals surface area contributed by atoms with Crippen LogP contribution < -0.4 is 0 Å². The van der Waals surface area contributed by atoms with Gasteiger partial charge in [0.15, 0.2) is 0 Å².